The lowest BCUT2D eigenvalue weighted by Crippen LogP contribution is -2.03. The van der Waals surface area contributed by atoms with Crippen LogP contribution in [-0.2, 0) is 0 Å². The highest BCUT2D eigenvalue weighted by atomic mass is 15.1. The van der Waals surface area contributed by atoms with Crippen molar-refractivity contribution in [3.63, 3.8) is 0 Å². The average molecular weight is 648 g/mol. The largest absolute Gasteiger partial charge is 0.292 e. The first kappa shape index (κ1) is 28.0. The van der Waals surface area contributed by atoms with Gasteiger partial charge in [0, 0.05) is 32.5 Å². The molecule has 0 aliphatic heterocycles. The summed E-state index contributed by atoms with van der Waals surface area (Å²) in [7, 11) is 0. The van der Waals surface area contributed by atoms with E-state index in [0.29, 0.717) is 5.82 Å². The van der Waals surface area contributed by atoms with Gasteiger partial charge in [-0.1, -0.05) is 152 Å². The second kappa shape index (κ2) is 10.8. The summed E-state index contributed by atoms with van der Waals surface area (Å²) in [6, 6.07) is 63.0. The van der Waals surface area contributed by atoms with Crippen LogP contribution in [0.5, 0.6) is 0 Å². The van der Waals surface area contributed by atoms with Gasteiger partial charge in [0.2, 0.25) is 0 Å². The van der Waals surface area contributed by atoms with E-state index in [4.69, 9.17) is 9.97 Å². The van der Waals surface area contributed by atoms with Gasteiger partial charge in [0.15, 0.2) is 5.82 Å². The molecule has 2 heterocycles. The molecule has 0 atom stereocenters. The maximum atomic E-state index is 5.50. The van der Waals surface area contributed by atoms with Crippen molar-refractivity contribution in [3.05, 3.63) is 176 Å². The Labute approximate surface area is 293 Å². The average Bonchev–Trinajstić information content (AvgIpc) is 3.56. The molecule has 0 saturated heterocycles. The topological polar surface area (TPSA) is 30.7 Å². The number of hydrogen-bond acceptors (Lipinski definition) is 2. The number of fused-ring (bicyclic) bond motifs is 14. The number of aromatic nitrogens is 3. The highest BCUT2D eigenvalue weighted by Crippen LogP contribution is 2.48. The van der Waals surface area contributed by atoms with Crippen molar-refractivity contribution < 1.29 is 0 Å². The quantitative estimate of drug-likeness (QED) is 0.179. The molecule has 9 aromatic carbocycles. The molecule has 11 aromatic rings. The Kier molecular flexibility index (Phi) is 5.96. The third-order valence-corrected chi connectivity index (χ3v) is 10.5. The lowest BCUT2D eigenvalue weighted by atomic mass is 9.88. The van der Waals surface area contributed by atoms with Crippen LogP contribution in [0, 0.1) is 0 Å². The Balaban J connectivity index is 1.34. The highest BCUT2D eigenvalue weighted by Gasteiger charge is 2.24. The van der Waals surface area contributed by atoms with Gasteiger partial charge in [-0.25, -0.2) is 9.97 Å². The number of para-hydroxylation sites is 2. The van der Waals surface area contributed by atoms with Crippen LogP contribution in [0.1, 0.15) is 0 Å². The standard InChI is InChI=1S/C48H29N3/c1-2-15-30(16-3-1)31-17-14-18-32(29-31)47-49-41-27-12-10-25-39(41)48(50-47)51-42-28-13-11-26-40(42)45-44-36-22-7-5-20-34(36)33-19-4-6-21-35(33)43(44)37-23-8-9-24-38(37)46(45)51/h1-29H. The van der Waals surface area contributed by atoms with E-state index in [0.717, 1.165) is 38.9 Å². The Hall–Kier alpha value is -6.84. The minimum atomic E-state index is 0.703. The molecule has 0 aliphatic carbocycles. The molecule has 3 heteroatoms. The van der Waals surface area contributed by atoms with Crippen molar-refractivity contribution in [2.75, 3.05) is 0 Å². The Bertz CT molecular complexity index is 3190. The minimum absolute atomic E-state index is 0.703. The Morgan fingerprint density at radius 1 is 0.333 bits per heavy atom. The maximum Gasteiger partial charge on any atom is 0.162 e. The summed E-state index contributed by atoms with van der Waals surface area (Å²) in [4.78, 5) is 10.7. The Morgan fingerprint density at radius 2 is 0.863 bits per heavy atom. The fourth-order valence-electron chi connectivity index (χ4n) is 8.38. The highest BCUT2D eigenvalue weighted by molar-refractivity contribution is 6.42. The molecule has 0 unspecified atom stereocenters. The van der Waals surface area contributed by atoms with Crippen molar-refractivity contribution in [1.82, 2.24) is 14.5 Å². The monoisotopic (exact) mass is 647 g/mol. The zero-order valence-corrected chi connectivity index (χ0v) is 27.6. The lowest BCUT2D eigenvalue weighted by Gasteiger charge is -2.17. The van der Waals surface area contributed by atoms with Gasteiger partial charge in [0.1, 0.15) is 5.82 Å². The fourth-order valence-corrected chi connectivity index (χ4v) is 8.38. The molecule has 3 nitrogen and oxygen atoms in total. The SMILES string of the molecule is c1ccc(-c2cccc(-c3nc(-n4c5ccccc5c5c6c7ccccc7c7ccccc7c6c6ccccc6c54)c4ccccc4n3)c2)cc1. The fraction of sp³-hybridized carbons (Fsp3) is 0. The van der Waals surface area contributed by atoms with Crippen molar-refractivity contribution in [3.8, 4) is 28.3 Å². The summed E-state index contributed by atoms with van der Waals surface area (Å²) >= 11 is 0. The van der Waals surface area contributed by atoms with Crippen LogP contribution in [0.15, 0.2) is 176 Å². The van der Waals surface area contributed by atoms with Gasteiger partial charge in [-0.05, 0) is 67.7 Å². The molecule has 11 rings (SSSR count). The van der Waals surface area contributed by atoms with Gasteiger partial charge in [0.25, 0.3) is 0 Å². The molecule has 0 radical (unpaired) electrons. The maximum absolute atomic E-state index is 5.50. The summed E-state index contributed by atoms with van der Waals surface area (Å²) in [5.74, 6) is 1.58. The molecular formula is C48H29N3. The van der Waals surface area contributed by atoms with Crippen LogP contribution >= 0.6 is 0 Å². The first-order chi connectivity index (χ1) is 25.3. The zero-order valence-electron chi connectivity index (χ0n) is 27.6. The van der Waals surface area contributed by atoms with Crippen LogP contribution in [0.4, 0.5) is 0 Å². The van der Waals surface area contributed by atoms with Crippen LogP contribution in [0.3, 0.4) is 0 Å². The van der Waals surface area contributed by atoms with Gasteiger partial charge < -0.3 is 0 Å². The molecule has 0 saturated carbocycles. The van der Waals surface area contributed by atoms with Crippen LogP contribution in [0.25, 0.3) is 104 Å². The van der Waals surface area contributed by atoms with Crippen molar-refractivity contribution in [2.45, 2.75) is 0 Å². The van der Waals surface area contributed by atoms with Crippen molar-refractivity contribution in [1.29, 1.82) is 0 Å². The van der Waals surface area contributed by atoms with Crippen LogP contribution < -0.4 is 0 Å². The van der Waals surface area contributed by atoms with E-state index in [9.17, 15) is 0 Å². The van der Waals surface area contributed by atoms with Gasteiger partial charge in [0.05, 0.1) is 16.6 Å². The molecule has 0 fully saturated rings. The lowest BCUT2D eigenvalue weighted by molar-refractivity contribution is 1.08. The summed E-state index contributed by atoms with van der Waals surface area (Å²) in [5.41, 5.74) is 6.48. The predicted molar refractivity (Wildman–Crippen MR) is 215 cm³/mol. The second-order valence-corrected chi connectivity index (χ2v) is 13.3. The van der Waals surface area contributed by atoms with E-state index in [2.05, 4.69) is 180 Å². The van der Waals surface area contributed by atoms with E-state index >= 15 is 0 Å². The molecule has 2 aromatic heterocycles. The van der Waals surface area contributed by atoms with Crippen molar-refractivity contribution in [2.24, 2.45) is 0 Å². The van der Waals surface area contributed by atoms with Gasteiger partial charge in [-0.2, -0.15) is 0 Å². The summed E-state index contributed by atoms with van der Waals surface area (Å²) in [6.07, 6.45) is 0. The van der Waals surface area contributed by atoms with Gasteiger partial charge >= 0.3 is 0 Å². The molecule has 0 spiro atoms. The Morgan fingerprint density at radius 3 is 1.61 bits per heavy atom. The van der Waals surface area contributed by atoms with E-state index in [1.807, 2.05) is 0 Å². The van der Waals surface area contributed by atoms with E-state index in [1.54, 1.807) is 0 Å². The molecule has 0 bridgehead atoms. The first-order valence-corrected chi connectivity index (χ1v) is 17.4. The first-order valence-electron chi connectivity index (χ1n) is 17.4. The number of rotatable bonds is 3. The van der Waals surface area contributed by atoms with E-state index < -0.39 is 0 Å². The zero-order chi connectivity index (χ0) is 33.5. The summed E-state index contributed by atoms with van der Waals surface area (Å²) < 4.78 is 2.41. The normalized spacial score (nSPS) is 11.9. The van der Waals surface area contributed by atoms with Gasteiger partial charge in [-0.15, -0.1) is 0 Å². The third-order valence-electron chi connectivity index (χ3n) is 10.5. The van der Waals surface area contributed by atoms with Crippen LogP contribution in [-0.4, -0.2) is 14.5 Å². The summed E-state index contributed by atoms with van der Waals surface area (Å²) in [6.45, 7) is 0. The second-order valence-electron chi connectivity index (χ2n) is 13.3. The molecule has 236 valence electrons. The smallest absolute Gasteiger partial charge is 0.162 e. The third kappa shape index (κ3) is 4.06. The van der Waals surface area contributed by atoms with Gasteiger partial charge in [-0.3, -0.25) is 4.57 Å². The van der Waals surface area contributed by atoms with E-state index in [-0.39, 0.29) is 0 Å². The predicted octanol–water partition coefficient (Wildman–Crippen LogP) is 12.7. The molecule has 0 N–H and O–H groups in total. The molecule has 0 amide bonds. The molecule has 51 heavy (non-hydrogen) atoms. The van der Waals surface area contributed by atoms with Crippen LogP contribution in [0.2, 0.25) is 0 Å². The minimum Gasteiger partial charge on any atom is -0.292 e. The number of nitrogens with zero attached hydrogens (tertiary/aromatic N) is 3. The molecular weight excluding hydrogens is 619 g/mol. The summed E-state index contributed by atoms with van der Waals surface area (Å²) in [5, 5.41) is 13.5. The number of benzene rings is 9. The molecule has 0 aliphatic rings. The van der Waals surface area contributed by atoms with Crippen molar-refractivity contribution >= 4 is 75.8 Å². The number of hydrogen-bond donors (Lipinski definition) is 0. The van der Waals surface area contributed by atoms with E-state index in [1.165, 1.54) is 59.4 Å².